The summed E-state index contributed by atoms with van der Waals surface area (Å²) in [5.41, 5.74) is 0.890. The predicted molar refractivity (Wildman–Crippen MR) is 85.3 cm³/mol. The molecule has 106 valence electrons. The zero-order valence-corrected chi connectivity index (χ0v) is 12.6. The van der Waals surface area contributed by atoms with Crippen LogP contribution in [0.4, 0.5) is 14.5 Å². The summed E-state index contributed by atoms with van der Waals surface area (Å²) in [6, 6.07) is 15.6. The van der Waals surface area contributed by atoms with Crippen LogP contribution in [0.2, 0.25) is 0 Å². The average Bonchev–Trinajstić information content (AvgIpc) is 2.49. The molecule has 4 heteroatoms. The summed E-state index contributed by atoms with van der Waals surface area (Å²) >= 11 is 3.50. The number of hydrogen-bond donors (Lipinski definition) is 1. The lowest BCUT2D eigenvalue weighted by Gasteiger charge is -2.12. The molecule has 0 unspecified atom stereocenters. The van der Waals surface area contributed by atoms with Crippen molar-refractivity contribution < 1.29 is 8.78 Å². The first-order chi connectivity index (χ1) is 10.2. The number of fused-ring (bicyclic) bond motifs is 1. The molecule has 3 aromatic carbocycles. The number of benzene rings is 3. The van der Waals surface area contributed by atoms with E-state index in [1.165, 1.54) is 18.2 Å². The second-order valence-electron chi connectivity index (χ2n) is 4.69. The molecular formula is C17H12BrF2N. The molecular weight excluding hydrogens is 336 g/mol. The minimum absolute atomic E-state index is 0.0458. The van der Waals surface area contributed by atoms with Crippen LogP contribution in [-0.2, 0) is 6.54 Å². The molecule has 0 atom stereocenters. The number of nitrogens with one attached hydrogen (secondary N) is 1. The highest BCUT2D eigenvalue weighted by molar-refractivity contribution is 9.10. The predicted octanol–water partition coefficient (Wildman–Crippen LogP) is 5.49. The van der Waals surface area contributed by atoms with Crippen LogP contribution in [-0.4, -0.2) is 0 Å². The third kappa shape index (κ3) is 2.76. The Balaban J connectivity index is 1.94. The summed E-state index contributed by atoms with van der Waals surface area (Å²) in [5, 5.41) is 5.17. The normalized spacial score (nSPS) is 10.8. The Hall–Kier alpha value is -1.94. The van der Waals surface area contributed by atoms with Crippen molar-refractivity contribution in [2.75, 3.05) is 5.32 Å². The number of anilines is 1. The summed E-state index contributed by atoms with van der Waals surface area (Å²) < 4.78 is 28.3. The highest BCUT2D eigenvalue weighted by Gasteiger charge is 2.09. The second kappa shape index (κ2) is 5.82. The molecule has 0 fully saturated rings. The van der Waals surface area contributed by atoms with Crippen LogP contribution < -0.4 is 5.32 Å². The SMILES string of the molecule is Fc1cccc(F)c1CNc1ccc(Br)c2ccccc12. The fourth-order valence-corrected chi connectivity index (χ4v) is 2.78. The smallest absolute Gasteiger partial charge is 0.131 e. The van der Waals surface area contributed by atoms with E-state index in [2.05, 4.69) is 21.2 Å². The van der Waals surface area contributed by atoms with Gasteiger partial charge in [0.05, 0.1) is 0 Å². The lowest BCUT2D eigenvalue weighted by atomic mass is 10.1. The number of halogens is 3. The highest BCUT2D eigenvalue weighted by Crippen LogP contribution is 2.30. The maximum absolute atomic E-state index is 13.6. The van der Waals surface area contributed by atoms with Crippen molar-refractivity contribution in [1.29, 1.82) is 0 Å². The van der Waals surface area contributed by atoms with E-state index in [0.717, 1.165) is 20.9 Å². The van der Waals surface area contributed by atoms with Crippen molar-refractivity contribution in [2.24, 2.45) is 0 Å². The molecule has 1 N–H and O–H groups in total. The van der Waals surface area contributed by atoms with Gasteiger partial charge in [-0.15, -0.1) is 0 Å². The standard InChI is InChI=1S/C17H12BrF2N/c18-14-8-9-17(12-5-2-1-4-11(12)14)21-10-13-15(19)6-3-7-16(13)20/h1-9,21H,10H2. The van der Waals surface area contributed by atoms with Crippen molar-refractivity contribution >= 4 is 32.4 Å². The minimum atomic E-state index is -0.538. The van der Waals surface area contributed by atoms with E-state index in [0.29, 0.717) is 0 Å². The molecule has 0 aromatic heterocycles. The lowest BCUT2D eigenvalue weighted by Crippen LogP contribution is -2.04. The molecule has 0 bridgehead atoms. The molecule has 0 aliphatic heterocycles. The first kappa shape index (κ1) is 14.0. The van der Waals surface area contributed by atoms with Crippen LogP contribution in [0, 0.1) is 11.6 Å². The van der Waals surface area contributed by atoms with Gasteiger partial charge >= 0.3 is 0 Å². The molecule has 3 aromatic rings. The zero-order chi connectivity index (χ0) is 14.8. The van der Waals surface area contributed by atoms with E-state index in [1.54, 1.807) is 0 Å². The van der Waals surface area contributed by atoms with Gasteiger partial charge in [-0.3, -0.25) is 0 Å². The monoisotopic (exact) mass is 347 g/mol. The summed E-state index contributed by atoms with van der Waals surface area (Å²) in [6.45, 7) is 0.101. The van der Waals surface area contributed by atoms with Crippen LogP contribution in [0.3, 0.4) is 0 Å². The maximum atomic E-state index is 13.6. The second-order valence-corrected chi connectivity index (χ2v) is 5.55. The Bertz CT molecular complexity index is 782. The Morgan fingerprint density at radius 2 is 1.48 bits per heavy atom. The van der Waals surface area contributed by atoms with Crippen LogP contribution in [0.15, 0.2) is 59.1 Å². The maximum Gasteiger partial charge on any atom is 0.131 e. The molecule has 0 saturated heterocycles. The Morgan fingerprint density at radius 1 is 0.810 bits per heavy atom. The lowest BCUT2D eigenvalue weighted by molar-refractivity contribution is 0.560. The molecule has 0 saturated carbocycles. The van der Waals surface area contributed by atoms with Gasteiger partial charge in [-0.2, -0.15) is 0 Å². The molecule has 3 rings (SSSR count). The van der Waals surface area contributed by atoms with Gasteiger partial charge in [0, 0.05) is 27.7 Å². The number of rotatable bonds is 3. The van der Waals surface area contributed by atoms with E-state index < -0.39 is 11.6 Å². The largest absolute Gasteiger partial charge is 0.380 e. The Morgan fingerprint density at radius 3 is 2.19 bits per heavy atom. The van der Waals surface area contributed by atoms with Gasteiger partial charge in [-0.1, -0.05) is 46.3 Å². The molecule has 0 aliphatic rings. The van der Waals surface area contributed by atoms with Crippen molar-refractivity contribution in [3.05, 3.63) is 76.3 Å². The highest BCUT2D eigenvalue weighted by atomic mass is 79.9. The Kier molecular flexibility index (Phi) is 3.88. The van der Waals surface area contributed by atoms with Crippen LogP contribution in [0.25, 0.3) is 10.8 Å². The van der Waals surface area contributed by atoms with E-state index in [1.807, 2.05) is 36.4 Å². The molecule has 21 heavy (non-hydrogen) atoms. The zero-order valence-electron chi connectivity index (χ0n) is 11.0. The van der Waals surface area contributed by atoms with Gasteiger partial charge in [-0.05, 0) is 29.7 Å². The number of hydrogen-bond acceptors (Lipinski definition) is 1. The van der Waals surface area contributed by atoms with Crippen LogP contribution in [0.5, 0.6) is 0 Å². The fourth-order valence-electron chi connectivity index (χ4n) is 2.30. The summed E-state index contributed by atoms with van der Waals surface area (Å²) in [7, 11) is 0. The van der Waals surface area contributed by atoms with Crippen molar-refractivity contribution in [2.45, 2.75) is 6.54 Å². The molecule has 0 amide bonds. The van der Waals surface area contributed by atoms with Gasteiger partial charge < -0.3 is 5.32 Å². The van der Waals surface area contributed by atoms with Crippen LogP contribution >= 0.6 is 15.9 Å². The van der Waals surface area contributed by atoms with E-state index in [9.17, 15) is 8.78 Å². The molecule has 1 nitrogen and oxygen atoms in total. The Labute approximate surface area is 129 Å². The third-order valence-corrected chi connectivity index (χ3v) is 4.08. The van der Waals surface area contributed by atoms with Crippen molar-refractivity contribution in [1.82, 2.24) is 0 Å². The molecule has 0 radical (unpaired) electrons. The fraction of sp³-hybridized carbons (Fsp3) is 0.0588. The van der Waals surface area contributed by atoms with Gasteiger partial charge in [0.2, 0.25) is 0 Å². The first-order valence-corrected chi connectivity index (χ1v) is 7.30. The molecule has 0 spiro atoms. The van der Waals surface area contributed by atoms with Gasteiger partial charge in [0.25, 0.3) is 0 Å². The summed E-state index contributed by atoms with van der Waals surface area (Å²) in [4.78, 5) is 0. The average molecular weight is 348 g/mol. The van der Waals surface area contributed by atoms with Gasteiger partial charge in [0.1, 0.15) is 11.6 Å². The van der Waals surface area contributed by atoms with Crippen molar-refractivity contribution in [3.8, 4) is 0 Å². The van der Waals surface area contributed by atoms with Crippen LogP contribution in [0.1, 0.15) is 5.56 Å². The van der Waals surface area contributed by atoms with E-state index in [4.69, 9.17) is 0 Å². The first-order valence-electron chi connectivity index (χ1n) is 6.51. The van der Waals surface area contributed by atoms with E-state index in [-0.39, 0.29) is 12.1 Å². The van der Waals surface area contributed by atoms with Gasteiger partial charge in [-0.25, -0.2) is 8.78 Å². The topological polar surface area (TPSA) is 12.0 Å². The molecule has 0 heterocycles. The molecule has 0 aliphatic carbocycles. The minimum Gasteiger partial charge on any atom is -0.380 e. The summed E-state index contributed by atoms with van der Waals surface area (Å²) in [6.07, 6.45) is 0. The van der Waals surface area contributed by atoms with E-state index >= 15 is 0 Å². The summed E-state index contributed by atoms with van der Waals surface area (Å²) in [5.74, 6) is -1.08. The quantitative estimate of drug-likeness (QED) is 0.660. The third-order valence-electron chi connectivity index (χ3n) is 3.39. The van der Waals surface area contributed by atoms with Crippen molar-refractivity contribution in [3.63, 3.8) is 0 Å². The van der Waals surface area contributed by atoms with Gasteiger partial charge in [0.15, 0.2) is 0 Å².